The monoisotopic (exact) mass is 260 g/mol. The van der Waals surface area contributed by atoms with Crippen LogP contribution < -0.4 is 0 Å². The van der Waals surface area contributed by atoms with Crippen molar-refractivity contribution in [2.45, 2.75) is 25.7 Å². The molecule has 4 bridgehead atoms. The second kappa shape index (κ2) is 5.50. The summed E-state index contributed by atoms with van der Waals surface area (Å²) in [6, 6.07) is 0. The van der Waals surface area contributed by atoms with E-state index in [1.165, 1.54) is 33.4 Å². The Balaban J connectivity index is 1.81. The van der Waals surface area contributed by atoms with E-state index in [0.717, 1.165) is 25.7 Å². The molecule has 0 radical (unpaired) electrons. The third kappa shape index (κ3) is 3.08. The number of hydrogen-bond acceptors (Lipinski definition) is 0. The zero-order valence-electron chi connectivity index (χ0n) is 11.9. The predicted octanol–water partition coefficient (Wildman–Crippen LogP) is 5.52. The van der Waals surface area contributed by atoms with Gasteiger partial charge in [-0.2, -0.15) is 0 Å². The van der Waals surface area contributed by atoms with Crippen molar-refractivity contribution in [3.05, 3.63) is 95.2 Å². The van der Waals surface area contributed by atoms with Gasteiger partial charge in [0.05, 0.1) is 0 Å². The molecule has 0 aromatic rings. The van der Waals surface area contributed by atoms with Crippen molar-refractivity contribution in [1.29, 1.82) is 0 Å². The van der Waals surface area contributed by atoms with Crippen LogP contribution in [0, 0.1) is 0 Å². The standard InChI is InChI=1S/C20H20/c1-15-3-5-17-8-10-20(14-17)12-16(2)4-6-18-7-9-19(11-15)13-18/h3-10H,1-2,11-14H2. The first-order chi connectivity index (χ1) is 9.69. The highest BCUT2D eigenvalue weighted by Gasteiger charge is 2.10. The molecule has 0 N–H and O–H groups in total. The quantitative estimate of drug-likeness (QED) is 0.538. The Hall–Kier alpha value is -2.08. The highest BCUT2D eigenvalue weighted by molar-refractivity contribution is 5.45. The summed E-state index contributed by atoms with van der Waals surface area (Å²) < 4.78 is 0. The summed E-state index contributed by atoms with van der Waals surface area (Å²) in [5, 5.41) is 0. The van der Waals surface area contributed by atoms with Crippen LogP contribution in [0.15, 0.2) is 95.2 Å². The molecule has 3 aliphatic carbocycles. The molecule has 0 aromatic heterocycles. The molecule has 100 valence electrons. The lowest BCUT2D eigenvalue weighted by atomic mass is 9.99. The van der Waals surface area contributed by atoms with E-state index < -0.39 is 0 Å². The molecule has 0 unspecified atom stereocenters. The largest absolute Gasteiger partial charge is 0.0955 e. The number of allylic oxidation sites excluding steroid dienone is 14. The molecule has 0 saturated heterocycles. The molecule has 0 nitrogen and oxygen atoms in total. The Morgan fingerprint density at radius 1 is 0.550 bits per heavy atom. The van der Waals surface area contributed by atoms with E-state index in [9.17, 15) is 0 Å². The molecule has 0 heteroatoms. The van der Waals surface area contributed by atoms with E-state index in [1.54, 1.807) is 0 Å². The van der Waals surface area contributed by atoms with Gasteiger partial charge in [0.1, 0.15) is 0 Å². The SMILES string of the molecule is C=C1C=CC2=CC=C(CC(=C)C=CC3=CC=C(C1)C3)C2. The van der Waals surface area contributed by atoms with Gasteiger partial charge in [-0.15, -0.1) is 0 Å². The van der Waals surface area contributed by atoms with Crippen LogP contribution in [0.4, 0.5) is 0 Å². The second-order valence-electron chi connectivity index (χ2n) is 5.82. The lowest BCUT2D eigenvalue weighted by Crippen LogP contribution is -1.87. The van der Waals surface area contributed by atoms with Gasteiger partial charge in [-0.05, 0) is 36.8 Å². The molecule has 3 aliphatic rings. The van der Waals surface area contributed by atoms with Gasteiger partial charge in [0.15, 0.2) is 0 Å². The van der Waals surface area contributed by atoms with Crippen LogP contribution in [0.2, 0.25) is 0 Å². The molecular weight excluding hydrogens is 240 g/mol. The number of hydrogen-bond donors (Lipinski definition) is 0. The van der Waals surface area contributed by atoms with Crippen LogP contribution in [0.1, 0.15) is 25.7 Å². The third-order valence-corrected chi connectivity index (χ3v) is 3.90. The Morgan fingerprint density at radius 2 is 1.00 bits per heavy atom. The van der Waals surface area contributed by atoms with Gasteiger partial charge in [-0.25, -0.2) is 0 Å². The minimum absolute atomic E-state index is 0.971. The fraction of sp³-hybridized carbons (Fsp3) is 0.200. The molecule has 20 heavy (non-hydrogen) atoms. The van der Waals surface area contributed by atoms with Crippen LogP contribution >= 0.6 is 0 Å². The Kier molecular flexibility index (Phi) is 3.56. The summed E-state index contributed by atoms with van der Waals surface area (Å²) >= 11 is 0. The fourth-order valence-corrected chi connectivity index (χ4v) is 2.83. The Morgan fingerprint density at radius 3 is 1.45 bits per heavy atom. The first-order valence-corrected chi connectivity index (χ1v) is 7.18. The Labute approximate surface area is 121 Å². The van der Waals surface area contributed by atoms with Gasteiger partial charge >= 0.3 is 0 Å². The fourth-order valence-electron chi connectivity index (χ4n) is 2.83. The van der Waals surface area contributed by atoms with E-state index >= 15 is 0 Å². The van der Waals surface area contributed by atoms with Crippen molar-refractivity contribution in [3.8, 4) is 0 Å². The predicted molar refractivity (Wildman–Crippen MR) is 87.4 cm³/mol. The lowest BCUT2D eigenvalue weighted by molar-refractivity contribution is 1.05. The van der Waals surface area contributed by atoms with E-state index in [-0.39, 0.29) is 0 Å². The second-order valence-corrected chi connectivity index (χ2v) is 5.82. The maximum atomic E-state index is 4.17. The van der Waals surface area contributed by atoms with Crippen molar-refractivity contribution in [2.24, 2.45) is 0 Å². The summed E-state index contributed by atoms with van der Waals surface area (Å²) in [5.41, 5.74) is 8.00. The van der Waals surface area contributed by atoms with Crippen LogP contribution in [0.5, 0.6) is 0 Å². The van der Waals surface area contributed by atoms with Gasteiger partial charge in [0, 0.05) is 0 Å². The molecular formula is C20H20. The van der Waals surface area contributed by atoms with E-state index in [1.807, 2.05) is 0 Å². The van der Waals surface area contributed by atoms with Gasteiger partial charge in [-0.1, -0.05) is 84.1 Å². The minimum Gasteiger partial charge on any atom is -0.0955 e. The summed E-state index contributed by atoms with van der Waals surface area (Å²) in [5.74, 6) is 0. The zero-order chi connectivity index (χ0) is 13.9. The summed E-state index contributed by atoms with van der Waals surface area (Å²) in [6.07, 6.45) is 21.7. The van der Waals surface area contributed by atoms with Gasteiger partial charge in [-0.3, -0.25) is 0 Å². The van der Waals surface area contributed by atoms with Crippen molar-refractivity contribution in [1.82, 2.24) is 0 Å². The van der Waals surface area contributed by atoms with E-state index in [2.05, 4.69) is 61.8 Å². The molecule has 3 rings (SSSR count). The average Bonchev–Trinajstić information content (AvgIpc) is 3.03. The van der Waals surface area contributed by atoms with Crippen molar-refractivity contribution < 1.29 is 0 Å². The van der Waals surface area contributed by atoms with Crippen LogP contribution in [-0.4, -0.2) is 0 Å². The molecule has 0 saturated carbocycles. The maximum absolute atomic E-state index is 4.17. The molecule has 0 heterocycles. The molecule has 0 amide bonds. The van der Waals surface area contributed by atoms with Gasteiger partial charge in [0.2, 0.25) is 0 Å². The molecule has 0 aromatic carbocycles. The van der Waals surface area contributed by atoms with E-state index in [4.69, 9.17) is 0 Å². The van der Waals surface area contributed by atoms with Crippen molar-refractivity contribution >= 4 is 0 Å². The zero-order valence-corrected chi connectivity index (χ0v) is 11.9. The van der Waals surface area contributed by atoms with Crippen LogP contribution in [0.25, 0.3) is 0 Å². The highest BCUT2D eigenvalue weighted by atomic mass is 14.2. The average molecular weight is 260 g/mol. The van der Waals surface area contributed by atoms with Gasteiger partial charge < -0.3 is 0 Å². The van der Waals surface area contributed by atoms with Crippen LogP contribution in [0.3, 0.4) is 0 Å². The topological polar surface area (TPSA) is 0 Å². The summed E-state index contributed by atoms with van der Waals surface area (Å²) in [4.78, 5) is 0. The number of rotatable bonds is 0. The molecule has 0 spiro atoms. The molecule has 0 fully saturated rings. The van der Waals surface area contributed by atoms with Crippen molar-refractivity contribution in [3.63, 3.8) is 0 Å². The summed E-state index contributed by atoms with van der Waals surface area (Å²) in [7, 11) is 0. The molecule has 0 aliphatic heterocycles. The summed E-state index contributed by atoms with van der Waals surface area (Å²) in [6.45, 7) is 8.34. The first-order valence-electron chi connectivity index (χ1n) is 7.18. The van der Waals surface area contributed by atoms with Crippen LogP contribution in [-0.2, 0) is 0 Å². The number of fused-ring (bicyclic) bond motifs is 4. The van der Waals surface area contributed by atoms with Gasteiger partial charge in [0.25, 0.3) is 0 Å². The smallest absolute Gasteiger partial charge is 0.00607 e. The lowest BCUT2D eigenvalue weighted by Gasteiger charge is -2.06. The Bertz CT molecular complexity index is 582. The third-order valence-electron chi connectivity index (χ3n) is 3.90. The first kappa shape index (κ1) is 12.9. The molecule has 0 atom stereocenters. The highest BCUT2D eigenvalue weighted by Crippen LogP contribution is 2.29. The minimum atomic E-state index is 0.971. The maximum Gasteiger partial charge on any atom is -0.00607 e. The van der Waals surface area contributed by atoms with E-state index in [0.29, 0.717) is 0 Å². The normalized spacial score (nSPS) is 22.2. The van der Waals surface area contributed by atoms with Crippen molar-refractivity contribution in [2.75, 3.05) is 0 Å².